The minimum atomic E-state index is -0.390. The first-order valence-corrected chi connectivity index (χ1v) is 6.75. The van der Waals surface area contributed by atoms with E-state index in [0.717, 1.165) is 26.1 Å². The molecular weight excluding hydrogens is 210 g/mol. The molecule has 1 N–H and O–H groups in total. The van der Waals surface area contributed by atoms with Crippen LogP contribution in [0.5, 0.6) is 0 Å². The highest BCUT2D eigenvalue weighted by Crippen LogP contribution is 2.12. The number of nitrogens with one attached hydrogen (secondary N) is 1. The lowest BCUT2D eigenvalue weighted by Gasteiger charge is -2.31. The molecule has 1 unspecified atom stereocenters. The van der Waals surface area contributed by atoms with Gasteiger partial charge in [0.15, 0.2) is 0 Å². The van der Waals surface area contributed by atoms with E-state index in [0.29, 0.717) is 12.0 Å². The molecule has 0 rings (SSSR count). The van der Waals surface area contributed by atoms with Gasteiger partial charge in [-0.2, -0.15) is 5.26 Å². The van der Waals surface area contributed by atoms with Crippen LogP contribution in [0.3, 0.4) is 0 Å². The molecule has 0 amide bonds. The molecule has 0 saturated heterocycles. The van der Waals surface area contributed by atoms with Gasteiger partial charge in [0.2, 0.25) is 0 Å². The summed E-state index contributed by atoms with van der Waals surface area (Å²) in [4.78, 5) is 2.46. The van der Waals surface area contributed by atoms with E-state index in [2.05, 4.69) is 44.0 Å². The fourth-order valence-corrected chi connectivity index (χ4v) is 1.97. The van der Waals surface area contributed by atoms with Crippen LogP contribution in [0.4, 0.5) is 0 Å². The van der Waals surface area contributed by atoms with Crippen molar-refractivity contribution in [2.24, 2.45) is 5.92 Å². The molecule has 100 valence electrons. The predicted molar refractivity (Wildman–Crippen MR) is 73.9 cm³/mol. The Labute approximate surface area is 107 Å². The maximum absolute atomic E-state index is 9.22. The third-order valence-corrected chi connectivity index (χ3v) is 3.04. The minimum absolute atomic E-state index is 0.390. The molecule has 0 aromatic heterocycles. The molecule has 0 saturated carbocycles. The first kappa shape index (κ1) is 16.4. The Morgan fingerprint density at radius 3 is 2.24 bits per heavy atom. The smallest absolute Gasteiger partial charge is 0.105 e. The van der Waals surface area contributed by atoms with E-state index in [1.165, 1.54) is 0 Å². The second kappa shape index (κ2) is 7.68. The maximum atomic E-state index is 9.22. The summed E-state index contributed by atoms with van der Waals surface area (Å²) >= 11 is 0. The third-order valence-electron chi connectivity index (χ3n) is 3.04. The van der Waals surface area contributed by atoms with E-state index in [-0.39, 0.29) is 0 Å². The largest absolute Gasteiger partial charge is 0.301 e. The Kier molecular flexibility index (Phi) is 7.41. The quantitative estimate of drug-likeness (QED) is 0.708. The second-order valence-corrected chi connectivity index (χ2v) is 5.71. The molecule has 0 aromatic carbocycles. The van der Waals surface area contributed by atoms with E-state index in [9.17, 15) is 5.26 Å². The van der Waals surface area contributed by atoms with Crippen LogP contribution in [0.1, 0.15) is 48.0 Å². The third kappa shape index (κ3) is 6.65. The van der Waals surface area contributed by atoms with Gasteiger partial charge in [-0.25, -0.2) is 0 Å². The van der Waals surface area contributed by atoms with Crippen LogP contribution in [0.25, 0.3) is 0 Å². The van der Waals surface area contributed by atoms with Crippen molar-refractivity contribution in [3.05, 3.63) is 0 Å². The molecule has 0 heterocycles. The van der Waals surface area contributed by atoms with Gasteiger partial charge in [-0.05, 0) is 39.7 Å². The van der Waals surface area contributed by atoms with Gasteiger partial charge >= 0.3 is 0 Å². The van der Waals surface area contributed by atoms with Gasteiger partial charge in [0, 0.05) is 19.1 Å². The lowest BCUT2D eigenvalue weighted by atomic mass is 9.99. The zero-order valence-corrected chi connectivity index (χ0v) is 12.4. The van der Waals surface area contributed by atoms with E-state index < -0.39 is 5.54 Å². The Bertz CT molecular complexity index is 242. The Hall–Kier alpha value is -0.590. The predicted octanol–water partition coefficient (Wildman–Crippen LogP) is 2.63. The van der Waals surface area contributed by atoms with Crippen LogP contribution >= 0.6 is 0 Å². The summed E-state index contributed by atoms with van der Waals surface area (Å²) in [6, 6.07) is 2.93. The molecule has 3 heteroatoms. The average Bonchev–Trinajstić information content (AvgIpc) is 2.24. The zero-order chi connectivity index (χ0) is 13.5. The van der Waals surface area contributed by atoms with Gasteiger partial charge in [-0.1, -0.05) is 20.8 Å². The molecule has 1 atom stereocenters. The van der Waals surface area contributed by atoms with Crippen LogP contribution < -0.4 is 5.32 Å². The normalized spacial score (nSPS) is 15.3. The molecule has 0 bridgehead atoms. The van der Waals surface area contributed by atoms with Gasteiger partial charge in [-0.15, -0.1) is 0 Å². The lowest BCUT2D eigenvalue weighted by molar-refractivity contribution is 0.181. The Balaban J connectivity index is 4.33. The van der Waals surface area contributed by atoms with Crippen molar-refractivity contribution in [1.82, 2.24) is 10.2 Å². The molecule has 3 nitrogen and oxygen atoms in total. The monoisotopic (exact) mass is 239 g/mol. The summed E-state index contributed by atoms with van der Waals surface area (Å²) < 4.78 is 0. The van der Waals surface area contributed by atoms with Gasteiger partial charge in [0.1, 0.15) is 5.54 Å². The summed E-state index contributed by atoms with van der Waals surface area (Å²) in [6.45, 7) is 15.9. The summed E-state index contributed by atoms with van der Waals surface area (Å²) in [7, 11) is 0. The van der Waals surface area contributed by atoms with E-state index in [4.69, 9.17) is 0 Å². The van der Waals surface area contributed by atoms with Crippen molar-refractivity contribution >= 4 is 0 Å². The topological polar surface area (TPSA) is 39.1 Å². The number of nitrogens with zero attached hydrogens (tertiary/aromatic N) is 2. The van der Waals surface area contributed by atoms with Crippen LogP contribution in [0.15, 0.2) is 0 Å². The van der Waals surface area contributed by atoms with Crippen LogP contribution in [-0.2, 0) is 0 Å². The molecule has 0 aliphatic rings. The number of rotatable bonds is 8. The second-order valence-electron chi connectivity index (χ2n) is 5.71. The standard InChI is InChI=1S/C14H29N3/c1-7-16-14(6,11-15)8-9-17(13(4)5)10-12(2)3/h12-13,16H,7-10H2,1-6H3. The van der Waals surface area contributed by atoms with Crippen molar-refractivity contribution in [3.8, 4) is 6.07 Å². The fourth-order valence-electron chi connectivity index (χ4n) is 1.97. The van der Waals surface area contributed by atoms with Gasteiger partial charge in [-0.3, -0.25) is 5.32 Å². The fraction of sp³-hybridized carbons (Fsp3) is 0.929. The first-order chi connectivity index (χ1) is 7.84. The molecule has 0 aliphatic heterocycles. The lowest BCUT2D eigenvalue weighted by Crippen LogP contribution is -2.45. The van der Waals surface area contributed by atoms with Crippen molar-refractivity contribution in [2.45, 2.75) is 59.5 Å². The average molecular weight is 239 g/mol. The molecular formula is C14H29N3. The van der Waals surface area contributed by atoms with E-state index in [1.807, 2.05) is 13.8 Å². The number of hydrogen-bond acceptors (Lipinski definition) is 3. The van der Waals surface area contributed by atoms with Crippen molar-refractivity contribution in [3.63, 3.8) is 0 Å². The SMILES string of the molecule is CCNC(C)(C#N)CCN(CC(C)C)C(C)C. The summed E-state index contributed by atoms with van der Waals surface area (Å²) in [6.07, 6.45) is 0.877. The highest BCUT2D eigenvalue weighted by atomic mass is 15.1. The Morgan fingerprint density at radius 1 is 1.29 bits per heavy atom. The Morgan fingerprint density at radius 2 is 1.88 bits per heavy atom. The summed E-state index contributed by atoms with van der Waals surface area (Å²) in [5, 5.41) is 12.5. The van der Waals surface area contributed by atoms with E-state index in [1.54, 1.807) is 0 Å². The molecule has 0 radical (unpaired) electrons. The molecule has 0 aliphatic carbocycles. The van der Waals surface area contributed by atoms with E-state index >= 15 is 0 Å². The highest BCUT2D eigenvalue weighted by Gasteiger charge is 2.24. The molecule has 0 aromatic rings. The molecule has 17 heavy (non-hydrogen) atoms. The van der Waals surface area contributed by atoms with Gasteiger partial charge < -0.3 is 4.90 Å². The highest BCUT2D eigenvalue weighted by molar-refractivity contribution is 5.03. The summed E-state index contributed by atoms with van der Waals surface area (Å²) in [5.74, 6) is 0.671. The van der Waals surface area contributed by atoms with Crippen LogP contribution in [0.2, 0.25) is 0 Å². The van der Waals surface area contributed by atoms with Gasteiger partial charge in [0.25, 0.3) is 0 Å². The van der Waals surface area contributed by atoms with Crippen molar-refractivity contribution < 1.29 is 0 Å². The van der Waals surface area contributed by atoms with Crippen LogP contribution in [0, 0.1) is 17.2 Å². The van der Waals surface area contributed by atoms with Crippen molar-refractivity contribution in [2.75, 3.05) is 19.6 Å². The minimum Gasteiger partial charge on any atom is -0.301 e. The zero-order valence-electron chi connectivity index (χ0n) is 12.4. The molecule has 0 spiro atoms. The number of hydrogen-bond donors (Lipinski definition) is 1. The van der Waals surface area contributed by atoms with Crippen molar-refractivity contribution in [1.29, 1.82) is 5.26 Å². The first-order valence-electron chi connectivity index (χ1n) is 6.75. The molecule has 0 fully saturated rings. The number of nitriles is 1. The maximum Gasteiger partial charge on any atom is 0.105 e. The van der Waals surface area contributed by atoms with Crippen LogP contribution in [-0.4, -0.2) is 36.1 Å². The summed E-state index contributed by atoms with van der Waals surface area (Å²) in [5.41, 5.74) is -0.390. The van der Waals surface area contributed by atoms with Gasteiger partial charge in [0.05, 0.1) is 6.07 Å².